The Morgan fingerprint density at radius 2 is 2.75 bits per heavy atom. The lowest BCUT2D eigenvalue weighted by Gasteiger charge is -1.75. The molecule has 0 saturated heterocycles. The number of rotatable bonds is 1. The van der Waals surface area contributed by atoms with E-state index in [-0.39, 0.29) is 0 Å². The van der Waals surface area contributed by atoms with Gasteiger partial charge in [0.1, 0.15) is 1.41 Å². The van der Waals surface area contributed by atoms with E-state index in [0.717, 1.165) is 5.22 Å². The zero-order valence-corrected chi connectivity index (χ0v) is 2.73. The summed E-state index contributed by atoms with van der Waals surface area (Å²) in [4.78, 5) is 0. The van der Waals surface area contributed by atoms with Crippen molar-refractivity contribution in [3.8, 4) is 0 Å². The van der Waals surface area contributed by atoms with Crippen LogP contribution in [0.2, 0.25) is 1.41 Å². The Morgan fingerprint density at radius 3 is 2.75 bits per heavy atom. The highest BCUT2D eigenvalue weighted by Gasteiger charge is 1.51. The topological polar surface area (TPSA) is 12.0 Å². The van der Waals surface area contributed by atoms with Gasteiger partial charge in [0.25, 0.3) is 0 Å². The minimum atomic E-state index is 0.583. The molecule has 0 bridgehead atoms. The zero-order chi connectivity index (χ0) is 4.28. The van der Waals surface area contributed by atoms with E-state index < -0.39 is 0 Å². The van der Waals surface area contributed by atoms with E-state index in [2.05, 4.69) is 0 Å². The molecule has 0 unspecified atom stereocenters. The number of nitrogens with one attached hydrogen (secondary N) is 1. The Labute approximate surface area is 29.3 Å². The highest BCUT2D eigenvalue weighted by Crippen LogP contribution is 1.33. The molecule has 0 aromatic heterocycles. The fraction of sp³-hybridized carbons (Fsp3) is 1.00. The van der Waals surface area contributed by atoms with Crippen molar-refractivity contribution in [1.29, 1.82) is 0 Å². The second-order valence-corrected chi connectivity index (χ2v) is 0.499. The van der Waals surface area contributed by atoms with Crippen LogP contribution in [0.1, 0.15) is 6.92 Å². The molecule has 0 aromatic rings. The minimum Gasteiger partial charge on any atom is -0.366 e. The fourth-order valence-electron chi connectivity index (χ4n) is 0. The van der Waals surface area contributed by atoms with Crippen LogP contribution in [-0.4, -0.2) is 14.5 Å². The summed E-state index contributed by atoms with van der Waals surface area (Å²) >= 11 is 0. The normalized spacial score (nSPS) is 12.0. The van der Waals surface area contributed by atoms with Crippen LogP contribution in [0.5, 0.6) is 0 Å². The van der Waals surface area contributed by atoms with Crippen molar-refractivity contribution in [2.75, 3.05) is 6.54 Å². The third-order valence-electron chi connectivity index (χ3n) is 0.183. The maximum atomic E-state index is 6.44. The summed E-state index contributed by atoms with van der Waals surface area (Å²) in [5.41, 5.74) is 0. The molecule has 0 fully saturated rings. The van der Waals surface area contributed by atoms with Crippen LogP contribution < -0.4 is 5.22 Å². The van der Waals surface area contributed by atoms with Crippen molar-refractivity contribution in [2.24, 2.45) is 0 Å². The van der Waals surface area contributed by atoms with Crippen molar-refractivity contribution in [3.05, 3.63) is 0 Å². The van der Waals surface area contributed by atoms with Gasteiger partial charge in [0.05, 0.1) is 0 Å². The van der Waals surface area contributed by atoms with Gasteiger partial charge in [0.15, 0.2) is 7.98 Å². The second-order valence-electron chi connectivity index (χ2n) is 0.499. The molecule has 0 atom stereocenters. The summed E-state index contributed by atoms with van der Waals surface area (Å²) in [6.45, 7) is 2.40. The molecule has 2 heteroatoms. The molecule has 4 heavy (non-hydrogen) atoms. The molecule has 0 heterocycles. The average Bonchev–Trinajstić information content (AvgIpc) is 1.38. The molecule has 22 valence electrons. The fourth-order valence-corrected chi connectivity index (χ4v) is 0. The molecule has 0 aliphatic carbocycles. The molecule has 0 aliphatic rings. The average molecular weight is 55.9 g/mol. The van der Waals surface area contributed by atoms with Crippen LogP contribution in [0.4, 0.5) is 0 Å². The van der Waals surface area contributed by atoms with E-state index in [1.54, 1.807) is 0 Å². The molecule has 0 amide bonds. The lowest BCUT2D eigenvalue weighted by molar-refractivity contribution is 1.02. The molecule has 2 radical (unpaired) electrons. The molecular formula is C2H6BN. The van der Waals surface area contributed by atoms with Crippen LogP contribution in [0.25, 0.3) is 0 Å². The van der Waals surface area contributed by atoms with Gasteiger partial charge >= 0.3 is 0 Å². The molecule has 0 aromatic carbocycles. The van der Waals surface area contributed by atoms with E-state index in [1.807, 2.05) is 6.92 Å². The van der Waals surface area contributed by atoms with Crippen molar-refractivity contribution in [1.82, 2.24) is 5.22 Å². The second kappa shape index (κ2) is 3.02. The molecule has 0 aliphatic heterocycles. The van der Waals surface area contributed by atoms with Crippen LogP contribution in [0.3, 0.4) is 0 Å². The number of hydrogen-bond donors (Lipinski definition) is 1. The predicted molar refractivity (Wildman–Crippen MR) is 19.4 cm³/mol. The monoisotopic (exact) mass is 56.1 g/mol. The van der Waals surface area contributed by atoms with Gasteiger partial charge in [-0.25, -0.2) is 0 Å². The van der Waals surface area contributed by atoms with Crippen LogP contribution in [0, 0.1) is 0 Å². The lowest BCUT2D eigenvalue weighted by atomic mass is 10.4. The van der Waals surface area contributed by atoms with Crippen molar-refractivity contribution < 1.29 is 1.41 Å². The van der Waals surface area contributed by atoms with Gasteiger partial charge in [-0.3, -0.25) is 0 Å². The molecule has 0 rings (SSSR count). The predicted octanol–water partition coefficient (Wildman–Crippen LogP) is -0.321. The molecule has 0 saturated carbocycles. The first-order valence-corrected chi connectivity index (χ1v) is 1.28. The largest absolute Gasteiger partial charge is 0.366 e. The van der Waals surface area contributed by atoms with E-state index in [0.29, 0.717) is 6.54 Å². The van der Waals surface area contributed by atoms with Gasteiger partial charge < -0.3 is 5.22 Å². The van der Waals surface area contributed by atoms with Crippen molar-refractivity contribution in [2.45, 2.75) is 6.92 Å². The summed E-state index contributed by atoms with van der Waals surface area (Å²) in [5.74, 6) is 0. The summed E-state index contributed by atoms with van der Waals surface area (Å²) in [6.07, 6.45) is 0. The van der Waals surface area contributed by atoms with Gasteiger partial charge in [0, 0.05) is 0 Å². The van der Waals surface area contributed by atoms with Gasteiger partial charge in [-0.2, -0.15) is 0 Å². The van der Waals surface area contributed by atoms with Crippen LogP contribution in [-0.2, 0) is 0 Å². The lowest BCUT2D eigenvalue weighted by Crippen LogP contribution is -2.04. The molecule has 1 nitrogen and oxygen atoms in total. The Balaban J connectivity index is 2.54. The maximum absolute atomic E-state index is 6.44. The molecule has 0 spiro atoms. The summed E-state index contributed by atoms with van der Waals surface area (Å²) in [6, 6.07) is 0. The standard InChI is InChI=1S/C2H6BN/c1-2-4-3/h4H,2H2,1H3/i4D. The highest BCUT2D eigenvalue weighted by atomic mass is 14.7. The Hall–Kier alpha value is 0.0249. The summed E-state index contributed by atoms with van der Waals surface area (Å²) in [5, 5.41) is 0.875. The van der Waals surface area contributed by atoms with Crippen molar-refractivity contribution >= 4 is 7.98 Å². The van der Waals surface area contributed by atoms with E-state index in [4.69, 9.17) is 9.39 Å². The summed E-state index contributed by atoms with van der Waals surface area (Å²) in [7, 11) is 4.79. The maximum Gasteiger partial charge on any atom is 0.177 e. The zero-order valence-electron chi connectivity index (χ0n) is 3.73. The smallest absolute Gasteiger partial charge is 0.177 e. The third kappa shape index (κ3) is 2.02. The first-order valence-electron chi connectivity index (χ1n) is 1.73. The van der Waals surface area contributed by atoms with Crippen molar-refractivity contribution in [3.63, 3.8) is 0 Å². The van der Waals surface area contributed by atoms with E-state index in [1.165, 1.54) is 0 Å². The van der Waals surface area contributed by atoms with Gasteiger partial charge in [-0.15, -0.1) is 0 Å². The Morgan fingerprint density at radius 1 is 2.50 bits per heavy atom. The first-order chi connectivity index (χ1) is 2.27. The van der Waals surface area contributed by atoms with Crippen LogP contribution >= 0.6 is 0 Å². The van der Waals surface area contributed by atoms with E-state index in [9.17, 15) is 0 Å². The molecule has 1 N–H and O–H groups in total. The molecular weight excluding hydrogens is 48.8 g/mol. The quantitative estimate of drug-likeness (QED) is 0.406. The third-order valence-corrected chi connectivity index (χ3v) is 0.183. The summed E-state index contributed by atoms with van der Waals surface area (Å²) < 4.78 is 6.44. The SMILES string of the molecule is [2H]N([B])CC. The van der Waals surface area contributed by atoms with Gasteiger partial charge in [-0.05, 0) is 6.54 Å². The Kier molecular flexibility index (Phi) is 1.72. The Bertz CT molecular complexity index is 23.6. The van der Waals surface area contributed by atoms with Gasteiger partial charge in [-0.1, -0.05) is 6.92 Å². The van der Waals surface area contributed by atoms with Crippen LogP contribution in [0.15, 0.2) is 0 Å². The van der Waals surface area contributed by atoms with E-state index >= 15 is 0 Å². The number of hydrogen-bond acceptors (Lipinski definition) is 1. The first kappa shape index (κ1) is 2.27. The minimum absolute atomic E-state index is 0.583. The highest BCUT2D eigenvalue weighted by molar-refractivity contribution is 6.04. The van der Waals surface area contributed by atoms with Gasteiger partial charge in [0.2, 0.25) is 0 Å².